The standard InChI is InChI=1S/C14H20O/c1-2-5-14(15)13-9-8-11-6-3-4-7-12(11)10-13/h3-4,6-7,13-15H,2,5,8-10H2,1H3/t13?,14-/m1/s1. The average molecular weight is 204 g/mol. The molecule has 0 fully saturated rings. The maximum Gasteiger partial charge on any atom is 0.0571 e. The molecule has 0 saturated carbocycles. The maximum atomic E-state index is 10.00. The van der Waals surface area contributed by atoms with Crippen LogP contribution in [-0.4, -0.2) is 11.2 Å². The van der Waals surface area contributed by atoms with Crippen molar-refractivity contribution in [2.45, 2.75) is 45.1 Å². The lowest BCUT2D eigenvalue weighted by molar-refractivity contribution is 0.0901. The molecular weight excluding hydrogens is 184 g/mol. The van der Waals surface area contributed by atoms with Crippen molar-refractivity contribution in [3.05, 3.63) is 35.4 Å². The second kappa shape index (κ2) is 4.80. The van der Waals surface area contributed by atoms with Crippen LogP contribution in [-0.2, 0) is 12.8 Å². The van der Waals surface area contributed by atoms with Crippen molar-refractivity contribution in [1.29, 1.82) is 0 Å². The Balaban J connectivity index is 2.05. The third kappa shape index (κ3) is 2.40. The zero-order chi connectivity index (χ0) is 10.7. The molecule has 1 heteroatoms. The molecule has 15 heavy (non-hydrogen) atoms. The minimum absolute atomic E-state index is 0.0941. The molecule has 0 bridgehead atoms. The molecule has 0 heterocycles. The highest BCUT2D eigenvalue weighted by Crippen LogP contribution is 2.28. The van der Waals surface area contributed by atoms with E-state index in [0.717, 1.165) is 32.1 Å². The van der Waals surface area contributed by atoms with E-state index in [9.17, 15) is 5.11 Å². The van der Waals surface area contributed by atoms with Crippen molar-refractivity contribution >= 4 is 0 Å². The van der Waals surface area contributed by atoms with Gasteiger partial charge in [0.1, 0.15) is 0 Å². The normalized spacial score (nSPS) is 22.1. The zero-order valence-corrected chi connectivity index (χ0v) is 9.45. The summed E-state index contributed by atoms with van der Waals surface area (Å²) in [6.45, 7) is 2.14. The first-order valence-corrected chi connectivity index (χ1v) is 6.06. The summed E-state index contributed by atoms with van der Waals surface area (Å²) in [6, 6.07) is 8.65. The summed E-state index contributed by atoms with van der Waals surface area (Å²) in [5.41, 5.74) is 2.93. The molecule has 1 aromatic rings. The van der Waals surface area contributed by atoms with E-state index < -0.39 is 0 Å². The van der Waals surface area contributed by atoms with Crippen molar-refractivity contribution < 1.29 is 5.11 Å². The summed E-state index contributed by atoms with van der Waals surface area (Å²) in [4.78, 5) is 0. The van der Waals surface area contributed by atoms with E-state index in [2.05, 4.69) is 31.2 Å². The van der Waals surface area contributed by atoms with Crippen molar-refractivity contribution in [3.63, 3.8) is 0 Å². The van der Waals surface area contributed by atoms with Gasteiger partial charge in [-0.15, -0.1) is 0 Å². The van der Waals surface area contributed by atoms with E-state index in [1.165, 1.54) is 11.1 Å². The lowest BCUT2D eigenvalue weighted by Gasteiger charge is -2.28. The fraction of sp³-hybridized carbons (Fsp3) is 0.571. The molecule has 0 amide bonds. The highest BCUT2D eigenvalue weighted by Gasteiger charge is 2.23. The Labute approximate surface area is 92.1 Å². The van der Waals surface area contributed by atoms with E-state index in [-0.39, 0.29) is 6.10 Å². The van der Waals surface area contributed by atoms with Crippen LogP contribution in [0, 0.1) is 5.92 Å². The van der Waals surface area contributed by atoms with Gasteiger partial charge in [-0.2, -0.15) is 0 Å². The Kier molecular flexibility index (Phi) is 3.42. The molecule has 1 aromatic carbocycles. The molecule has 1 aliphatic rings. The van der Waals surface area contributed by atoms with Gasteiger partial charge in [0.05, 0.1) is 6.10 Å². The van der Waals surface area contributed by atoms with Gasteiger partial charge in [0, 0.05) is 0 Å². The monoisotopic (exact) mass is 204 g/mol. The van der Waals surface area contributed by atoms with Crippen molar-refractivity contribution in [3.8, 4) is 0 Å². The Bertz CT molecular complexity index is 319. The third-order valence-electron chi connectivity index (χ3n) is 3.51. The maximum absolute atomic E-state index is 10.00. The number of hydrogen-bond acceptors (Lipinski definition) is 1. The Hall–Kier alpha value is -0.820. The molecule has 82 valence electrons. The predicted molar refractivity (Wildman–Crippen MR) is 62.9 cm³/mol. The molecular formula is C14H20O. The second-order valence-corrected chi connectivity index (χ2v) is 4.63. The molecule has 2 rings (SSSR count). The summed E-state index contributed by atoms with van der Waals surface area (Å²) >= 11 is 0. The minimum Gasteiger partial charge on any atom is -0.393 e. The molecule has 0 spiro atoms. The van der Waals surface area contributed by atoms with Gasteiger partial charge in [-0.25, -0.2) is 0 Å². The van der Waals surface area contributed by atoms with E-state index in [0.29, 0.717) is 5.92 Å². The highest BCUT2D eigenvalue weighted by molar-refractivity contribution is 5.29. The summed E-state index contributed by atoms with van der Waals surface area (Å²) in [7, 11) is 0. The van der Waals surface area contributed by atoms with Gasteiger partial charge in [0.25, 0.3) is 0 Å². The first-order chi connectivity index (χ1) is 7.31. The molecule has 2 atom stereocenters. The van der Waals surface area contributed by atoms with Gasteiger partial charge >= 0.3 is 0 Å². The quantitative estimate of drug-likeness (QED) is 0.802. The first kappa shape index (κ1) is 10.7. The van der Waals surface area contributed by atoms with Gasteiger partial charge in [-0.05, 0) is 42.7 Å². The number of aliphatic hydroxyl groups excluding tert-OH is 1. The largest absolute Gasteiger partial charge is 0.393 e. The number of benzene rings is 1. The van der Waals surface area contributed by atoms with E-state index >= 15 is 0 Å². The Morgan fingerprint density at radius 2 is 2.07 bits per heavy atom. The van der Waals surface area contributed by atoms with Crippen LogP contribution in [0.25, 0.3) is 0 Å². The molecule has 0 saturated heterocycles. The molecule has 1 aliphatic carbocycles. The van der Waals surface area contributed by atoms with E-state index in [1.807, 2.05) is 0 Å². The molecule has 0 aliphatic heterocycles. The SMILES string of the molecule is CCC[C@@H](O)C1CCc2ccccc2C1. The van der Waals surface area contributed by atoms with Crippen LogP contribution >= 0.6 is 0 Å². The minimum atomic E-state index is -0.0941. The fourth-order valence-corrected chi connectivity index (χ4v) is 2.59. The summed E-state index contributed by atoms with van der Waals surface area (Å²) < 4.78 is 0. The Morgan fingerprint density at radius 1 is 1.33 bits per heavy atom. The van der Waals surface area contributed by atoms with Gasteiger partial charge in [-0.3, -0.25) is 0 Å². The smallest absolute Gasteiger partial charge is 0.0571 e. The molecule has 1 nitrogen and oxygen atoms in total. The van der Waals surface area contributed by atoms with Crippen LogP contribution in [0.3, 0.4) is 0 Å². The van der Waals surface area contributed by atoms with Crippen molar-refractivity contribution in [1.82, 2.24) is 0 Å². The van der Waals surface area contributed by atoms with Crippen LogP contribution in [0.2, 0.25) is 0 Å². The average Bonchev–Trinajstić information content (AvgIpc) is 2.29. The van der Waals surface area contributed by atoms with Gasteiger partial charge < -0.3 is 5.11 Å². The number of aryl methyl sites for hydroxylation is 1. The predicted octanol–water partition coefficient (Wildman–Crippen LogP) is 2.95. The van der Waals surface area contributed by atoms with Crippen LogP contribution in [0.15, 0.2) is 24.3 Å². The number of rotatable bonds is 3. The topological polar surface area (TPSA) is 20.2 Å². The molecule has 1 unspecified atom stereocenters. The number of fused-ring (bicyclic) bond motifs is 1. The second-order valence-electron chi connectivity index (χ2n) is 4.63. The fourth-order valence-electron chi connectivity index (χ4n) is 2.59. The number of aliphatic hydroxyl groups is 1. The van der Waals surface area contributed by atoms with Crippen LogP contribution in [0.5, 0.6) is 0 Å². The summed E-state index contributed by atoms with van der Waals surface area (Å²) in [5.74, 6) is 0.486. The lowest BCUT2D eigenvalue weighted by Crippen LogP contribution is -2.26. The lowest BCUT2D eigenvalue weighted by atomic mass is 9.80. The molecule has 0 aromatic heterocycles. The van der Waals surface area contributed by atoms with Gasteiger partial charge in [0.2, 0.25) is 0 Å². The van der Waals surface area contributed by atoms with Crippen LogP contribution in [0.1, 0.15) is 37.3 Å². The third-order valence-corrected chi connectivity index (χ3v) is 3.51. The first-order valence-electron chi connectivity index (χ1n) is 6.06. The van der Waals surface area contributed by atoms with E-state index in [1.54, 1.807) is 0 Å². The van der Waals surface area contributed by atoms with Crippen molar-refractivity contribution in [2.75, 3.05) is 0 Å². The van der Waals surface area contributed by atoms with Crippen LogP contribution < -0.4 is 0 Å². The van der Waals surface area contributed by atoms with Gasteiger partial charge in [0.15, 0.2) is 0 Å². The molecule has 1 N–H and O–H groups in total. The molecule has 0 radical (unpaired) electrons. The Morgan fingerprint density at radius 3 is 2.80 bits per heavy atom. The van der Waals surface area contributed by atoms with Crippen molar-refractivity contribution in [2.24, 2.45) is 5.92 Å². The van der Waals surface area contributed by atoms with Gasteiger partial charge in [-0.1, -0.05) is 37.6 Å². The highest BCUT2D eigenvalue weighted by atomic mass is 16.3. The summed E-state index contributed by atoms with van der Waals surface area (Å²) in [5, 5.41) is 10.00. The summed E-state index contributed by atoms with van der Waals surface area (Å²) in [6.07, 6.45) is 5.30. The zero-order valence-electron chi connectivity index (χ0n) is 9.45. The number of hydrogen-bond donors (Lipinski definition) is 1. The van der Waals surface area contributed by atoms with E-state index in [4.69, 9.17) is 0 Å². The van der Waals surface area contributed by atoms with Crippen LogP contribution in [0.4, 0.5) is 0 Å².